The SMILES string of the molecule is COc1ccc(NC(=O)c2oc3ccccc3c2NC(=O)C(c2ccccc2)c2ccccc2)cc1. The maximum Gasteiger partial charge on any atom is 0.293 e. The van der Waals surface area contributed by atoms with Crippen LogP contribution in [0.2, 0.25) is 0 Å². The van der Waals surface area contributed by atoms with Crippen molar-refractivity contribution in [1.82, 2.24) is 0 Å². The third kappa shape index (κ3) is 4.70. The Morgan fingerprint density at radius 1 is 0.722 bits per heavy atom. The van der Waals surface area contributed by atoms with Gasteiger partial charge >= 0.3 is 0 Å². The van der Waals surface area contributed by atoms with Crippen LogP contribution < -0.4 is 15.4 Å². The lowest BCUT2D eigenvalue weighted by Gasteiger charge is -2.18. The lowest BCUT2D eigenvalue weighted by atomic mass is 9.90. The molecule has 1 aromatic heterocycles. The Kier molecular flexibility index (Phi) is 6.49. The summed E-state index contributed by atoms with van der Waals surface area (Å²) in [5.41, 5.74) is 3.10. The average Bonchev–Trinajstić information content (AvgIpc) is 3.29. The van der Waals surface area contributed by atoms with Crippen molar-refractivity contribution >= 4 is 34.2 Å². The van der Waals surface area contributed by atoms with Crippen LogP contribution in [0, 0.1) is 0 Å². The van der Waals surface area contributed by atoms with Gasteiger partial charge in [0.2, 0.25) is 11.7 Å². The van der Waals surface area contributed by atoms with Gasteiger partial charge in [0.15, 0.2) is 0 Å². The molecule has 0 unspecified atom stereocenters. The molecule has 0 bridgehead atoms. The van der Waals surface area contributed by atoms with Crippen molar-refractivity contribution in [3.63, 3.8) is 0 Å². The van der Waals surface area contributed by atoms with Crippen LogP contribution in [-0.4, -0.2) is 18.9 Å². The van der Waals surface area contributed by atoms with Gasteiger partial charge in [-0.25, -0.2) is 0 Å². The zero-order chi connectivity index (χ0) is 24.9. The van der Waals surface area contributed by atoms with E-state index in [-0.39, 0.29) is 11.7 Å². The van der Waals surface area contributed by atoms with Gasteiger partial charge in [-0.3, -0.25) is 9.59 Å². The maximum atomic E-state index is 13.8. The van der Waals surface area contributed by atoms with Crippen LogP contribution in [0.1, 0.15) is 27.6 Å². The Bertz CT molecular complexity index is 1450. The summed E-state index contributed by atoms with van der Waals surface area (Å²) in [4.78, 5) is 27.0. The molecule has 6 heteroatoms. The number of benzene rings is 4. The zero-order valence-electron chi connectivity index (χ0n) is 19.6. The molecule has 0 aliphatic carbocycles. The minimum Gasteiger partial charge on any atom is -0.497 e. The number of methoxy groups -OCH3 is 1. The molecule has 0 aliphatic rings. The average molecular weight is 477 g/mol. The number of ether oxygens (including phenoxy) is 1. The molecule has 6 nitrogen and oxygen atoms in total. The van der Waals surface area contributed by atoms with Crippen molar-refractivity contribution in [3.05, 3.63) is 126 Å². The fraction of sp³-hybridized carbons (Fsp3) is 0.0667. The molecule has 0 spiro atoms. The number of anilines is 2. The number of para-hydroxylation sites is 1. The molecule has 4 aromatic carbocycles. The van der Waals surface area contributed by atoms with Gasteiger partial charge in [-0.1, -0.05) is 72.8 Å². The van der Waals surface area contributed by atoms with Crippen molar-refractivity contribution in [2.45, 2.75) is 5.92 Å². The summed E-state index contributed by atoms with van der Waals surface area (Å²) in [6.45, 7) is 0. The third-order valence-corrected chi connectivity index (χ3v) is 5.93. The molecule has 5 aromatic rings. The second kappa shape index (κ2) is 10.2. The zero-order valence-corrected chi connectivity index (χ0v) is 19.6. The standard InChI is InChI=1S/C30H24N2O4/c1-35-23-18-16-22(17-19-23)31-30(34)28-27(24-14-8-9-15-25(24)36-28)32-29(33)26(20-10-4-2-5-11-20)21-12-6-3-7-13-21/h2-19,26H,1H3,(H,31,34)(H,32,33). The predicted octanol–water partition coefficient (Wildman–Crippen LogP) is 6.46. The van der Waals surface area contributed by atoms with Crippen molar-refractivity contribution in [2.24, 2.45) is 0 Å². The molecular weight excluding hydrogens is 452 g/mol. The highest BCUT2D eigenvalue weighted by Gasteiger charge is 2.27. The summed E-state index contributed by atoms with van der Waals surface area (Å²) in [7, 11) is 1.58. The van der Waals surface area contributed by atoms with E-state index in [2.05, 4.69) is 10.6 Å². The van der Waals surface area contributed by atoms with Crippen LogP contribution in [0.15, 0.2) is 114 Å². The molecule has 0 atom stereocenters. The van der Waals surface area contributed by atoms with Gasteiger partial charge in [0.25, 0.3) is 5.91 Å². The Morgan fingerprint density at radius 2 is 1.31 bits per heavy atom. The number of rotatable bonds is 7. The van der Waals surface area contributed by atoms with E-state index in [1.54, 1.807) is 37.4 Å². The highest BCUT2D eigenvalue weighted by Crippen LogP contribution is 2.34. The van der Waals surface area contributed by atoms with Gasteiger partial charge in [-0.05, 0) is 47.5 Å². The van der Waals surface area contributed by atoms with Crippen LogP contribution in [0.25, 0.3) is 11.0 Å². The minimum atomic E-state index is -0.571. The van der Waals surface area contributed by atoms with Crippen LogP contribution in [0.4, 0.5) is 11.4 Å². The molecule has 1 heterocycles. The molecule has 2 amide bonds. The van der Waals surface area contributed by atoms with E-state index in [0.717, 1.165) is 11.1 Å². The van der Waals surface area contributed by atoms with E-state index in [4.69, 9.17) is 9.15 Å². The van der Waals surface area contributed by atoms with Gasteiger partial charge in [0.1, 0.15) is 17.0 Å². The highest BCUT2D eigenvalue weighted by molar-refractivity contribution is 6.15. The van der Waals surface area contributed by atoms with Crippen molar-refractivity contribution in [1.29, 1.82) is 0 Å². The first-order chi connectivity index (χ1) is 17.6. The molecular formula is C30H24N2O4. The summed E-state index contributed by atoms with van der Waals surface area (Å²) < 4.78 is 11.1. The van der Waals surface area contributed by atoms with E-state index < -0.39 is 11.8 Å². The summed E-state index contributed by atoms with van der Waals surface area (Å²) in [6, 6.07) is 33.3. The van der Waals surface area contributed by atoms with Crippen molar-refractivity contribution in [3.8, 4) is 5.75 Å². The van der Waals surface area contributed by atoms with Gasteiger partial charge in [-0.15, -0.1) is 0 Å². The Hall–Kier alpha value is -4.84. The van der Waals surface area contributed by atoms with Gasteiger partial charge in [0.05, 0.1) is 13.0 Å². The maximum absolute atomic E-state index is 13.8. The number of carbonyl (C=O) groups is 2. The Morgan fingerprint density at radius 3 is 1.92 bits per heavy atom. The summed E-state index contributed by atoms with van der Waals surface area (Å²) >= 11 is 0. The first-order valence-corrected chi connectivity index (χ1v) is 11.5. The highest BCUT2D eigenvalue weighted by atomic mass is 16.5. The number of furan rings is 1. The molecule has 5 rings (SSSR count). The normalized spacial score (nSPS) is 10.8. The lowest BCUT2D eigenvalue weighted by Crippen LogP contribution is -2.23. The topological polar surface area (TPSA) is 80.6 Å². The Balaban J connectivity index is 1.51. The van der Waals surface area contributed by atoms with E-state index in [1.807, 2.05) is 78.9 Å². The Labute approximate surface area is 208 Å². The van der Waals surface area contributed by atoms with E-state index in [1.165, 1.54) is 0 Å². The summed E-state index contributed by atoms with van der Waals surface area (Å²) in [5, 5.41) is 6.48. The molecule has 178 valence electrons. The number of nitrogens with one attached hydrogen (secondary N) is 2. The lowest BCUT2D eigenvalue weighted by molar-refractivity contribution is -0.116. The number of carbonyl (C=O) groups excluding carboxylic acids is 2. The number of hydrogen-bond acceptors (Lipinski definition) is 4. The fourth-order valence-corrected chi connectivity index (χ4v) is 4.17. The minimum absolute atomic E-state index is 0.0280. The third-order valence-electron chi connectivity index (χ3n) is 5.93. The predicted molar refractivity (Wildman–Crippen MR) is 141 cm³/mol. The second-order valence-electron chi connectivity index (χ2n) is 8.23. The number of hydrogen-bond donors (Lipinski definition) is 2. The van der Waals surface area contributed by atoms with Crippen LogP contribution in [0.3, 0.4) is 0 Å². The number of amides is 2. The first kappa shape index (κ1) is 22.9. The van der Waals surface area contributed by atoms with E-state index in [9.17, 15) is 9.59 Å². The van der Waals surface area contributed by atoms with Crippen LogP contribution in [-0.2, 0) is 4.79 Å². The van der Waals surface area contributed by atoms with Crippen LogP contribution >= 0.6 is 0 Å². The van der Waals surface area contributed by atoms with Crippen molar-refractivity contribution < 1.29 is 18.7 Å². The molecule has 36 heavy (non-hydrogen) atoms. The van der Waals surface area contributed by atoms with Gasteiger partial charge in [0, 0.05) is 11.1 Å². The van der Waals surface area contributed by atoms with Gasteiger partial charge < -0.3 is 19.8 Å². The molecule has 0 saturated heterocycles. The van der Waals surface area contributed by atoms with Gasteiger partial charge in [-0.2, -0.15) is 0 Å². The number of fused-ring (bicyclic) bond motifs is 1. The smallest absolute Gasteiger partial charge is 0.293 e. The quantitative estimate of drug-likeness (QED) is 0.282. The second-order valence-corrected chi connectivity index (χ2v) is 8.23. The molecule has 2 N–H and O–H groups in total. The molecule has 0 fully saturated rings. The molecule has 0 radical (unpaired) electrons. The summed E-state index contributed by atoms with van der Waals surface area (Å²) in [5.74, 6) is -0.601. The van der Waals surface area contributed by atoms with E-state index in [0.29, 0.717) is 28.1 Å². The fourth-order valence-electron chi connectivity index (χ4n) is 4.17. The molecule has 0 saturated carbocycles. The van der Waals surface area contributed by atoms with Crippen LogP contribution in [0.5, 0.6) is 5.75 Å². The summed E-state index contributed by atoms with van der Waals surface area (Å²) in [6.07, 6.45) is 0. The largest absolute Gasteiger partial charge is 0.497 e. The van der Waals surface area contributed by atoms with E-state index >= 15 is 0 Å². The first-order valence-electron chi connectivity index (χ1n) is 11.5. The van der Waals surface area contributed by atoms with Crippen molar-refractivity contribution in [2.75, 3.05) is 17.7 Å². The monoisotopic (exact) mass is 476 g/mol. The molecule has 0 aliphatic heterocycles.